The number of benzene rings is 1. The standard InChI is InChI=1S/C11H10N4O3/c1-7-8(3-2-4-9(7)15(17)18)14-11(16)10-12-5-6-13-10/h2-6H,1H3,(H,12,13)(H,14,16). The molecule has 0 aliphatic rings. The number of hydrogen-bond donors (Lipinski definition) is 2. The van der Waals surface area contributed by atoms with Crippen molar-refractivity contribution in [3.63, 3.8) is 0 Å². The van der Waals surface area contributed by atoms with Gasteiger partial charge in [0.05, 0.1) is 16.2 Å². The maximum atomic E-state index is 11.7. The number of carbonyl (C=O) groups excluding carboxylic acids is 1. The van der Waals surface area contributed by atoms with E-state index in [9.17, 15) is 14.9 Å². The van der Waals surface area contributed by atoms with Crippen molar-refractivity contribution in [1.29, 1.82) is 0 Å². The lowest BCUT2D eigenvalue weighted by Gasteiger charge is -2.06. The second-order valence-electron chi connectivity index (χ2n) is 3.60. The van der Waals surface area contributed by atoms with E-state index in [0.29, 0.717) is 11.3 Å². The maximum absolute atomic E-state index is 11.7. The van der Waals surface area contributed by atoms with Crippen LogP contribution in [0.4, 0.5) is 11.4 Å². The van der Waals surface area contributed by atoms with E-state index in [1.807, 2.05) is 0 Å². The van der Waals surface area contributed by atoms with Crippen LogP contribution in [0.2, 0.25) is 0 Å². The molecule has 2 rings (SSSR count). The number of imidazole rings is 1. The number of nitro benzene ring substituents is 1. The third-order valence-corrected chi connectivity index (χ3v) is 2.46. The van der Waals surface area contributed by atoms with E-state index in [1.165, 1.54) is 24.5 Å². The van der Waals surface area contributed by atoms with E-state index in [-0.39, 0.29) is 11.5 Å². The molecule has 0 atom stereocenters. The predicted molar refractivity (Wildman–Crippen MR) is 64.4 cm³/mol. The molecule has 2 aromatic rings. The summed E-state index contributed by atoms with van der Waals surface area (Å²) < 4.78 is 0. The molecule has 1 amide bonds. The van der Waals surface area contributed by atoms with Gasteiger partial charge in [0, 0.05) is 18.5 Å². The van der Waals surface area contributed by atoms with Crippen molar-refractivity contribution in [2.75, 3.05) is 5.32 Å². The Labute approximate surface area is 102 Å². The number of nitrogens with zero attached hydrogens (tertiary/aromatic N) is 2. The molecule has 7 nitrogen and oxygen atoms in total. The van der Waals surface area contributed by atoms with Crippen molar-refractivity contribution in [1.82, 2.24) is 9.97 Å². The Morgan fingerprint density at radius 3 is 2.89 bits per heavy atom. The van der Waals surface area contributed by atoms with Crippen molar-refractivity contribution in [2.45, 2.75) is 6.92 Å². The first-order chi connectivity index (χ1) is 8.59. The molecule has 0 spiro atoms. The molecule has 1 aromatic carbocycles. The molecule has 0 aliphatic heterocycles. The molecule has 0 saturated heterocycles. The lowest BCUT2D eigenvalue weighted by molar-refractivity contribution is -0.385. The Morgan fingerprint density at radius 2 is 2.28 bits per heavy atom. The van der Waals surface area contributed by atoms with E-state index in [1.54, 1.807) is 13.0 Å². The molecule has 18 heavy (non-hydrogen) atoms. The van der Waals surface area contributed by atoms with Crippen molar-refractivity contribution >= 4 is 17.3 Å². The summed E-state index contributed by atoms with van der Waals surface area (Å²) in [7, 11) is 0. The fourth-order valence-electron chi connectivity index (χ4n) is 1.53. The second-order valence-corrected chi connectivity index (χ2v) is 3.60. The summed E-state index contributed by atoms with van der Waals surface area (Å²) in [5.41, 5.74) is 0.764. The fourth-order valence-corrected chi connectivity index (χ4v) is 1.53. The molecule has 2 N–H and O–H groups in total. The summed E-state index contributed by atoms with van der Waals surface area (Å²) in [6.45, 7) is 1.58. The van der Waals surface area contributed by atoms with Crippen LogP contribution in [0.15, 0.2) is 30.6 Å². The zero-order valence-electron chi connectivity index (χ0n) is 9.51. The summed E-state index contributed by atoms with van der Waals surface area (Å²) in [5, 5.41) is 13.3. The number of nitrogens with one attached hydrogen (secondary N) is 2. The molecule has 7 heteroatoms. The zero-order valence-corrected chi connectivity index (χ0v) is 9.51. The lowest BCUT2D eigenvalue weighted by atomic mass is 10.1. The van der Waals surface area contributed by atoms with Gasteiger partial charge in [0.15, 0.2) is 5.82 Å². The number of amides is 1. The molecular formula is C11H10N4O3. The number of rotatable bonds is 3. The molecule has 0 aliphatic carbocycles. The summed E-state index contributed by atoms with van der Waals surface area (Å²) >= 11 is 0. The Bertz CT molecular complexity index is 592. The quantitative estimate of drug-likeness (QED) is 0.637. The fraction of sp³-hybridized carbons (Fsp3) is 0.0909. The van der Waals surface area contributed by atoms with Crippen molar-refractivity contribution in [3.8, 4) is 0 Å². The Morgan fingerprint density at radius 1 is 1.50 bits per heavy atom. The minimum absolute atomic E-state index is 0.0350. The largest absolute Gasteiger partial charge is 0.341 e. The first-order valence-corrected chi connectivity index (χ1v) is 5.14. The zero-order chi connectivity index (χ0) is 13.1. The lowest BCUT2D eigenvalue weighted by Crippen LogP contribution is -2.14. The van der Waals surface area contributed by atoms with Crippen LogP contribution in [0.1, 0.15) is 16.2 Å². The summed E-state index contributed by atoms with van der Waals surface area (Å²) in [4.78, 5) is 28.5. The van der Waals surface area contributed by atoms with Gasteiger partial charge < -0.3 is 10.3 Å². The third kappa shape index (κ3) is 2.19. The summed E-state index contributed by atoms with van der Waals surface area (Å²) in [5.74, 6) is -0.287. The van der Waals surface area contributed by atoms with E-state index < -0.39 is 10.8 Å². The predicted octanol–water partition coefficient (Wildman–Crippen LogP) is 1.88. The van der Waals surface area contributed by atoms with E-state index in [0.717, 1.165) is 0 Å². The first kappa shape index (κ1) is 11.8. The van der Waals surface area contributed by atoms with Crippen molar-refractivity contribution in [2.24, 2.45) is 0 Å². The first-order valence-electron chi connectivity index (χ1n) is 5.14. The van der Waals surface area contributed by atoms with Crippen LogP contribution in [-0.2, 0) is 0 Å². The SMILES string of the molecule is Cc1c(NC(=O)c2ncc[nH]2)cccc1[N+](=O)[O-]. The normalized spacial score (nSPS) is 10.1. The average molecular weight is 246 g/mol. The highest BCUT2D eigenvalue weighted by Gasteiger charge is 2.16. The molecule has 0 radical (unpaired) electrons. The Hall–Kier alpha value is -2.70. The van der Waals surface area contributed by atoms with E-state index in [4.69, 9.17) is 0 Å². The van der Waals surface area contributed by atoms with Gasteiger partial charge in [0.25, 0.3) is 11.6 Å². The average Bonchev–Trinajstić information content (AvgIpc) is 2.85. The van der Waals surface area contributed by atoms with Crippen LogP contribution < -0.4 is 5.32 Å². The van der Waals surface area contributed by atoms with Crippen molar-refractivity contribution < 1.29 is 9.72 Å². The van der Waals surface area contributed by atoms with Gasteiger partial charge in [0.2, 0.25) is 0 Å². The van der Waals surface area contributed by atoms with Crippen LogP contribution >= 0.6 is 0 Å². The molecule has 1 aromatic heterocycles. The number of aromatic amines is 1. The smallest absolute Gasteiger partial charge is 0.291 e. The molecule has 0 saturated carbocycles. The second kappa shape index (κ2) is 4.66. The summed E-state index contributed by atoms with van der Waals surface area (Å²) in [6, 6.07) is 4.50. The Balaban J connectivity index is 2.27. The minimum Gasteiger partial charge on any atom is -0.341 e. The van der Waals surface area contributed by atoms with E-state index in [2.05, 4.69) is 15.3 Å². The number of hydrogen-bond acceptors (Lipinski definition) is 4. The van der Waals surface area contributed by atoms with Gasteiger partial charge in [-0.2, -0.15) is 0 Å². The third-order valence-electron chi connectivity index (χ3n) is 2.46. The Kier molecular flexibility index (Phi) is 3.05. The molecule has 0 fully saturated rings. The number of H-pyrrole nitrogens is 1. The van der Waals surface area contributed by atoms with Gasteiger partial charge in [-0.1, -0.05) is 6.07 Å². The number of carbonyl (C=O) groups is 1. The number of aromatic nitrogens is 2. The van der Waals surface area contributed by atoms with Gasteiger partial charge >= 0.3 is 0 Å². The van der Waals surface area contributed by atoms with Crippen LogP contribution in [0.5, 0.6) is 0 Å². The highest BCUT2D eigenvalue weighted by molar-refractivity contribution is 6.02. The molecule has 0 bridgehead atoms. The van der Waals surface area contributed by atoms with Gasteiger partial charge in [-0.25, -0.2) is 4.98 Å². The molecule has 1 heterocycles. The van der Waals surface area contributed by atoms with Gasteiger partial charge in [0.1, 0.15) is 0 Å². The number of nitro groups is 1. The minimum atomic E-state index is -0.488. The van der Waals surface area contributed by atoms with Crippen LogP contribution in [0.25, 0.3) is 0 Å². The van der Waals surface area contributed by atoms with Gasteiger partial charge in [-0.05, 0) is 13.0 Å². The monoisotopic (exact) mass is 246 g/mol. The summed E-state index contributed by atoms with van der Waals surface area (Å²) in [6.07, 6.45) is 2.98. The van der Waals surface area contributed by atoms with Gasteiger partial charge in [-0.15, -0.1) is 0 Å². The maximum Gasteiger partial charge on any atom is 0.291 e. The topological polar surface area (TPSA) is 101 Å². The molecular weight excluding hydrogens is 236 g/mol. The highest BCUT2D eigenvalue weighted by Crippen LogP contribution is 2.25. The van der Waals surface area contributed by atoms with Gasteiger partial charge in [-0.3, -0.25) is 14.9 Å². The van der Waals surface area contributed by atoms with Crippen molar-refractivity contribution in [3.05, 3.63) is 52.1 Å². The van der Waals surface area contributed by atoms with Crippen LogP contribution in [0.3, 0.4) is 0 Å². The highest BCUT2D eigenvalue weighted by atomic mass is 16.6. The van der Waals surface area contributed by atoms with Crippen LogP contribution in [0, 0.1) is 17.0 Å². The van der Waals surface area contributed by atoms with E-state index >= 15 is 0 Å². The molecule has 0 unspecified atom stereocenters. The van der Waals surface area contributed by atoms with Crippen LogP contribution in [-0.4, -0.2) is 20.8 Å². The molecule has 92 valence electrons. The number of anilines is 1.